The van der Waals surface area contributed by atoms with Gasteiger partial charge in [-0.15, -0.1) is 0 Å². The van der Waals surface area contributed by atoms with E-state index in [1.807, 2.05) is 4.90 Å². The van der Waals surface area contributed by atoms with Crippen molar-refractivity contribution in [1.82, 2.24) is 9.80 Å². The molecule has 12 heteroatoms. The quantitative estimate of drug-likeness (QED) is 0.264. The van der Waals surface area contributed by atoms with Crippen LogP contribution in [0.5, 0.6) is 0 Å². The van der Waals surface area contributed by atoms with Gasteiger partial charge in [0.25, 0.3) is 5.91 Å². The van der Waals surface area contributed by atoms with Crippen molar-refractivity contribution in [2.24, 2.45) is 5.84 Å². The van der Waals surface area contributed by atoms with Crippen LogP contribution in [-0.4, -0.2) is 47.9 Å². The Kier molecular flexibility index (Phi) is 7.07. The Balaban J connectivity index is 1.74. The molecule has 2 aliphatic heterocycles. The first-order valence-corrected chi connectivity index (χ1v) is 11.3. The van der Waals surface area contributed by atoms with Gasteiger partial charge in [0.1, 0.15) is 6.04 Å². The van der Waals surface area contributed by atoms with E-state index in [4.69, 9.17) is 17.4 Å². The van der Waals surface area contributed by atoms with Crippen LogP contribution in [0.25, 0.3) is 0 Å². The zero-order valence-electron chi connectivity index (χ0n) is 18.4. The molecule has 0 aliphatic carbocycles. The standard InChI is InChI=1S/C23H23ClF6N4O/c24-19-6-2-1-5-18(19)20(33-9-8-32-7-3-4-16(32)13-33)21(35)34(31)17-11-14(22(25,26)27)10-15(12-17)23(28,29)30/h1-2,5-6,10-12,16,20H,3-4,7-9,13,31H2/t16-,20?/m0/s1. The lowest BCUT2D eigenvalue weighted by Gasteiger charge is -2.42. The van der Waals surface area contributed by atoms with Gasteiger partial charge in [0, 0.05) is 30.7 Å². The number of hydrogen-bond acceptors (Lipinski definition) is 4. The molecule has 190 valence electrons. The van der Waals surface area contributed by atoms with E-state index in [1.165, 1.54) is 0 Å². The lowest BCUT2D eigenvalue weighted by molar-refractivity contribution is -0.143. The molecule has 2 atom stereocenters. The Labute approximate surface area is 203 Å². The van der Waals surface area contributed by atoms with Crippen molar-refractivity contribution in [2.75, 3.05) is 31.2 Å². The fourth-order valence-corrected chi connectivity index (χ4v) is 5.01. The second-order valence-electron chi connectivity index (χ2n) is 8.72. The highest BCUT2D eigenvalue weighted by atomic mass is 35.5. The lowest BCUT2D eigenvalue weighted by atomic mass is 10.0. The number of nitrogens with zero attached hydrogens (tertiary/aromatic N) is 3. The fourth-order valence-electron chi connectivity index (χ4n) is 4.77. The van der Waals surface area contributed by atoms with Gasteiger partial charge in [-0.05, 0) is 49.2 Å². The third-order valence-corrected chi connectivity index (χ3v) is 6.85. The first kappa shape index (κ1) is 25.7. The summed E-state index contributed by atoms with van der Waals surface area (Å²) in [5.41, 5.74) is -3.45. The number of fused-ring (bicyclic) bond motifs is 1. The van der Waals surface area contributed by atoms with Gasteiger partial charge in [-0.25, -0.2) is 10.9 Å². The summed E-state index contributed by atoms with van der Waals surface area (Å²) in [7, 11) is 0. The van der Waals surface area contributed by atoms with Gasteiger partial charge in [0.2, 0.25) is 0 Å². The van der Waals surface area contributed by atoms with Crippen LogP contribution in [0.2, 0.25) is 5.02 Å². The molecular formula is C23H23ClF6N4O. The number of carbonyl (C=O) groups is 1. The monoisotopic (exact) mass is 520 g/mol. The second-order valence-corrected chi connectivity index (χ2v) is 9.13. The van der Waals surface area contributed by atoms with Crippen molar-refractivity contribution < 1.29 is 31.1 Å². The summed E-state index contributed by atoms with van der Waals surface area (Å²) in [6.45, 7) is 2.57. The predicted molar refractivity (Wildman–Crippen MR) is 118 cm³/mol. The molecule has 0 radical (unpaired) electrons. The fraction of sp³-hybridized carbons (Fsp3) is 0.435. The normalized spacial score (nSPS) is 20.5. The predicted octanol–water partition coefficient (Wildman–Crippen LogP) is 5.11. The molecule has 1 unspecified atom stereocenters. The maximum atomic E-state index is 13.6. The molecule has 1 amide bonds. The molecular weight excluding hydrogens is 498 g/mol. The number of alkyl halides is 6. The van der Waals surface area contributed by atoms with E-state index in [2.05, 4.69) is 4.90 Å². The highest BCUT2D eigenvalue weighted by Gasteiger charge is 2.41. The molecule has 35 heavy (non-hydrogen) atoms. The smallest absolute Gasteiger partial charge is 0.298 e. The molecule has 0 spiro atoms. The molecule has 4 rings (SSSR count). The number of anilines is 1. The van der Waals surface area contributed by atoms with Crippen LogP contribution in [0, 0.1) is 0 Å². The summed E-state index contributed by atoms with van der Waals surface area (Å²) in [5.74, 6) is 5.06. The molecule has 0 saturated carbocycles. The van der Waals surface area contributed by atoms with Gasteiger partial charge < -0.3 is 0 Å². The van der Waals surface area contributed by atoms with Crippen LogP contribution in [0.15, 0.2) is 42.5 Å². The summed E-state index contributed by atoms with van der Waals surface area (Å²) in [6.07, 6.45) is -8.20. The molecule has 2 heterocycles. The van der Waals surface area contributed by atoms with Crippen molar-refractivity contribution in [3.05, 3.63) is 64.2 Å². The van der Waals surface area contributed by atoms with E-state index in [-0.39, 0.29) is 17.1 Å². The number of nitrogens with two attached hydrogens (primary N) is 1. The minimum absolute atomic E-state index is 0.00726. The van der Waals surface area contributed by atoms with E-state index in [9.17, 15) is 31.1 Å². The summed E-state index contributed by atoms with van der Waals surface area (Å²) < 4.78 is 80.1. The number of hydrogen-bond donors (Lipinski definition) is 1. The van der Waals surface area contributed by atoms with E-state index >= 15 is 0 Å². The van der Waals surface area contributed by atoms with E-state index in [0.29, 0.717) is 42.3 Å². The summed E-state index contributed by atoms with van der Waals surface area (Å²) >= 11 is 6.37. The maximum absolute atomic E-state index is 13.6. The van der Waals surface area contributed by atoms with Gasteiger partial charge in [-0.1, -0.05) is 29.8 Å². The molecule has 2 N–H and O–H groups in total. The van der Waals surface area contributed by atoms with Gasteiger partial charge in [0.05, 0.1) is 16.8 Å². The number of rotatable bonds is 4. The summed E-state index contributed by atoms with van der Waals surface area (Å²) in [4.78, 5) is 17.8. The number of amides is 1. The van der Waals surface area contributed by atoms with Gasteiger partial charge >= 0.3 is 12.4 Å². The van der Waals surface area contributed by atoms with Crippen molar-refractivity contribution in [3.63, 3.8) is 0 Å². The van der Waals surface area contributed by atoms with Gasteiger partial charge in [0.15, 0.2) is 0 Å². The summed E-state index contributed by atoms with van der Waals surface area (Å²) in [5, 5.41) is 0.604. The highest BCUT2D eigenvalue weighted by molar-refractivity contribution is 6.31. The highest BCUT2D eigenvalue weighted by Crippen LogP contribution is 2.39. The average Bonchev–Trinajstić information content (AvgIpc) is 3.26. The molecule has 2 aromatic rings. The second kappa shape index (κ2) is 9.61. The third kappa shape index (κ3) is 5.42. The molecule has 2 fully saturated rings. The van der Waals surface area contributed by atoms with E-state index in [1.54, 1.807) is 24.3 Å². The Morgan fingerprint density at radius 3 is 2.23 bits per heavy atom. The van der Waals surface area contributed by atoms with Gasteiger partial charge in [-0.2, -0.15) is 26.3 Å². The van der Waals surface area contributed by atoms with Crippen molar-refractivity contribution in [1.29, 1.82) is 0 Å². The molecule has 2 aliphatic rings. The van der Waals surface area contributed by atoms with Crippen LogP contribution in [0.4, 0.5) is 32.0 Å². The van der Waals surface area contributed by atoms with Gasteiger partial charge in [-0.3, -0.25) is 14.6 Å². The Hall–Kier alpha value is -2.34. The number of piperazine rings is 1. The molecule has 0 bridgehead atoms. The average molecular weight is 521 g/mol. The number of benzene rings is 2. The number of carbonyl (C=O) groups excluding carboxylic acids is 1. The Bertz CT molecular complexity index is 1060. The number of halogens is 7. The minimum Gasteiger partial charge on any atom is -0.298 e. The largest absolute Gasteiger partial charge is 0.416 e. The van der Waals surface area contributed by atoms with Crippen LogP contribution in [0.3, 0.4) is 0 Å². The van der Waals surface area contributed by atoms with Crippen molar-refractivity contribution in [3.8, 4) is 0 Å². The maximum Gasteiger partial charge on any atom is 0.416 e. The lowest BCUT2D eigenvalue weighted by Crippen LogP contribution is -2.55. The van der Waals surface area contributed by atoms with Crippen LogP contribution in [-0.2, 0) is 17.1 Å². The first-order valence-electron chi connectivity index (χ1n) is 11.0. The minimum atomic E-state index is -5.07. The Morgan fingerprint density at radius 2 is 1.63 bits per heavy atom. The van der Waals surface area contributed by atoms with E-state index in [0.717, 1.165) is 19.4 Å². The van der Waals surface area contributed by atoms with Crippen LogP contribution in [0.1, 0.15) is 35.6 Å². The molecule has 2 aromatic carbocycles. The zero-order valence-corrected chi connectivity index (χ0v) is 19.2. The SMILES string of the molecule is NN(C(=O)C(c1ccccc1Cl)N1CCN2CCC[C@H]2C1)c1cc(C(F)(F)F)cc(C(F)(F)F)c1. The van der Waals surface area contributed by atoms with E-state index < -0.39 is 41.1 Å². The summed E-state index contributed by atoms with van der Waals surface area (Å²) in [6, 6.07) is 6.46. The topological polar surface area (TPSA) is 52.8 Å². The molecule has 0 aromatic heterocycles. The third-order valence-electron chi connectivity index (χ3n) is 6.51. The first-order chi connectivity index (χ1) is 16.4. The van der Waals surface area contributed by atoms with Crippen molar-refractivity contribution >= 4 is 23.2 Å². The molecule has 5 nitrogen and oxygen atoms in total. The number of hydrazine groups is 1. The van der Waals surface area contributed by atoms with Crippen LogP contribution >= 0.6 is 11.6 Å². The Morgan fingerprint density at radius 1 is 1.00 bits per heavy atom. The van der Waals surface area contributed by atoms with Crippen molar-refractivity contribution in [2.45, 2.75) is 37.3 Å². The zero-order chi connectivity index (χ0) is 25.5. The molecule has 2 saturated heterocycles. The van der Waals surface area contributed by atoms with Crippen LogP contribution < -0.4 is 10.9 Å².